The molecule has 2 aromatic rings. The highest BCUT2D eigenvalue weighted by molar-refractivity contribution is 9.10. The minimum atomic E-state index is -0.997. The average molecular weight is 410 g/mol. The number of rotatable bonds is 8. The molecular weight excluding hydrogens is 390 g/mol. The first-order valence-electron chi connectivity index (χ1n) is 7.65. The summed E-state index contributed by atoms with van der Waals surface area (Å²) in [4.78, 5) is 11.2. The van der Waals surface area contributed by atoms with Crippen molar-refractivity contribution >= 4 is 27.6 Å². The Morgan fingerprint density at radius 2 is 1.84 bits per heavy atom. The van der Waals surface area contributed by atoms with Crippen LogP contribution in [0.4, 0.5) is 5.69 Å². The number of ether oxygens (including phenoxy) is 3. The molecule has 2 rings (SSSR count). The van der Waals surface area contributed by atoms with Crippen molar-refractivity contribution in [1.29, 1.82) is 0 Å². The van der Waals surface area contributed by atoms with Gasteiger partial charge in [-0.05, 0) is 37.3 Å². The van der Waals surface area contributed by atoms with E-state index in [-0.39, 0.29) is 5.56 Å². The number of hydrogen-bond donors (Lipinski definition) is 2. The fourth-order valence-electron chi connectivity index (χ4n) is 2.37. The second kappa shape index (κ2) is 8.62. The van der Waals surface area contributed by atoms with Crippen LogP contribution in [-0.4, -0.2) is 31.9 Å². The quantitative estimate of drug-likeness (QED) is 0.680. The van der Waals surface area contributed by atoms with Crippen LogP contribution in [0.15, 0.2) is 34.8 Å². The Labute approximate surface area is 154 Å². The summed E-state index contributed by atoms with van der Waals surface area (Å²) >= 11 is 3.53. The molecule has 0 atom stereocenters. The van der Waals surface area contributed by atoms with Gasteiger partial charge in [0.15, 0.2) is 11.5 Å². The third-order valence-corrected chi connectivity index (χ3v) is 4.32. The maximum atomic E-state index is 11.2. The number of methoxy groups -OCH3 is 2. The van der Waals surface area contributed by atoms with Crippen LogP contribution in [0, 0.1) is 0 Å². The van der Waals surface area contributed by atoms with Crippen molar-refractivity contribution in [3.63, 3.8) is 0 Å². The van der Waals surface area contributed by atoms with E-state index in [4.69, 9.17) is 14.2 Å². The summed E-state index contributed by atoms with van der Waals surface area (Å²) in [6.45, 7) is 2.79. The lowest BCUT2D eigenvalue weighted by Gasteiger charge is -2.18. The van der Waals surface area contributed by atoms with Crippen LogP contribution in [0.1, 0.15) is 22.8 Å². The molecule has 0 heterocycles. The SMILES string of the molecule is CCOc1c(OC)ccc(Br)c1CNc1cc(C(=O)O)ccc1OC. The van der Waals surface area contributed by atoms with Crippen LogP contribution in [-0.2, 0) is 6.54 Å². The molecule has 0 spiro atoms. The third-order valence-electron chi connectivity index (χ3n) is 3.58. The van der Waals surface area contributed by atoms with Crippen LogP contribution < -0.4 is 19.5 Å². The summed E-state index contributed by atoms with van der Waals surface area (Å²) in [6, 6.07) is 8.36. The molecule has 7 heteroatoms. The highest BCUT2D eigenvalue weighted by atomic mass is 79.9. The topological polar surface area (TPSA) is 77.0 Å². The van der Waals surface area contributed by atoms with Gasteiger partial charge >= 0.3 is 5.97 Å². The minimum absolute atomic E-state index is 0.179. The third kappa shape index (κ3) is 4.36. The zero-order valence-corrected chi connectivity index (χ0v) is 15.8. The van der Waals surface area contributed by atoms with Crippen molar-refractivity contribution in [3.8, 4) is 17.2 Å². The molecule has 0 bridgehead atoms. The van der Waals surface area contributed by atoms with Crippen LogP contribution in [0.2, 0.25) is 0 Å². The van der Waals surface area contributed by atoms with Gasteiger partial charge in [-0.25, -0.2) is 4.79 Å². The summed E-state index contributed by atoms with van der Waals surface area (Å²) in [5, 5.41) is 12.4. The highest BCUT2D eigenvalue weighted by Gasteiger charge is 2.15. The molecule has 0 fully saturated rings. The van der Waals surface area contributed by atoms with Gasteiger partial charge in [-0.2, -0.15) is 0 Å². The number of hydrogen-bond acceptors (Lipinski definition) is 5. The van der Waals surface area contributed by atoms with Gasteiger partial charge in [-0.3, -0.25) is 0 Å². The van der Waals surface area contributed by atoms with Crippen LogP contribution in [0.3, 0.4) is 0 Å². The van der Waals surface area contributed by atoms with E-state index in [1.165, 1.54) is 19.2 Å². The van der Waals surface area contributed by atoms with Crippen molar-refractivity contribution < 1.29 is 24.1 Å². The van der Waals surface area contributed by atoms with E-state index in [2.05, 4.69) is 21.2 Å². The normalized spacial score (nSPS) is 10.2. The van der Waals surface area contributed by atoms with E-state index < -0.39 is 5.97 Å². The van der Waals surface area contributed by atoms with E-state index in [0.717, 1.165) is 10.0 Å². The van der Waals surface area contributed by atoms with Crippen LogP contribution in [0.25, 0.3) is 0 Å². The molecule has 0 aliphatic carbocycles. The van der Waals surface area contributed by atoms with Crippen LogP contribution >= 0.6 is 15.9 Å². The molecule has 0 saturated heterocycles. The maximum Gasteiger partial charge on any atom is 0.335 e. The van der Waals surface area contributed by atoms with Crippen molar-refractivity contribution in [2.45, 2.75) is 13.5 Å². The standard InChI is InChI=1S/C18H20BrNO5/c1-4-25-17-12(13(19)6-8-16(17)24-3)10-20-14-9-11(18(21)22)5-7-15(14)23-2/h5-9,20H,4,10H2,1-3H3,(H,21,22). The zero-order chi connectivity index (χ0) is 18.4. The van der Waals surface area contributed by atoms with Crippen molar-refractivity contribution in [3.05, 3.63) is 45.9 Å². The average Bonchev–Trinajstić information content (AvgIpc) is 2.61. The number of carboxylic acid groups (broad SMARTS) is 1. The lowest BCUT2D eigenvalue weighted by Crippen LogP contribution is -2.07. The first kappa shape index (κ1) is 18.9. The highest BCUT2D eigenvalue weighted by Crippen LogP contribution is 2.37. The second-order valence-electron chi connectivity index (χ2n) is 5.06. The van der Waals surface area contributed by atoms with Gasteiger partial charge in [0.05, 0.1) is 32.1 Å². The summed E-state index contributed by atoms with van der Waals surface area (Å²) < 4.78 is 17.2. The Kier molecular flexibility index (Phi) is 6.52. The molecule has 0 aromatic heterocycles. The Hall–Kier alpha value is -2.41. The molecule has 0 saturated carbocycles. The summed E-state index contributed by atoms with van der Waals surface area (Å²) in [5.74, 6) is 0.832. The molecule has 2 N–H and O–H groups in total. The van der Waals surface area contributed by atoms with Crippen molar-refractivity contribution in [1.82, 2.24) is 0 Å². The predicted octanol–water partition coefficient (Wildman–Crippen LogP) is 4.18. The molecule has 2 aromatic carbocycles. The first-order valence-corrected chi connectivity index (χ1v) is 8.44. The lowest BCUT2D eigenvalue weighted by atomic mass is 10.1. The molecule has 134 valence electrons. The summed E-state index contributed by atoms with van der Waals surface area (Å²) in [6.07, 6.45) is 0. The van der Waals surface area contributed by atoms with Gasteiger partial charge in [-0.15, -0.1) is 0 Å². The predicted molar refractivity (Wildman–Crippen MR) is 99.1 cm³/mol. The molecular formula is C18H20BrNO5. The van der Waals surface area contributed by atoms with E-state index in [1.807, 2.05) is 19.1 Å². The van der Waals surface area contributed by atoms with E-state index in [0.29, 0.717) is 36.1 Å². The van der Waals surface area contributed by atoms with E-state index >= 15 is 0 Å². The number of carbonyl (C=O) groups is 1. The zero-order valence-electron chi connectivity index (χ0n) is 14.3. The van der Waals surface area contributed by atoms with E-state index in [1.54, 1.807) is 13.2 Å². The fourth-order valence-corrected chi connectivity index (χ4v) is 2.83. The number of carboxylic acids is 1. The number of halogens is 1. The minimum Gasteiger partial charge on any atom is -0.495 e. The van der Waals surface area contributed by atoms with Gasteiger partial charge in [0.1, 0.15) is 5.75 Å². The van der Waals surface area contributed by atoms with Gasteiger partial charge in [0.2, 0.25) is 0 Å². The van der Waals surface area contributed by atoms with Gasteiger partial charge in [0.25, 0.3) is 0 Å². The Morgan fingerprint density at radius 1 is 1.16 bits per heavy atom. The number of nitrogens with one attached hydrogen (secondary N) is 1. The summed E-state index contributed by atoms with van der Waals surface area (Å²) in [5.41, 5.74) is 1.63. The maximum absolute atomic E-state index is 11.2. The largest absolute Gasteiger partial charge is 0.495 e. The monoisotopic (exact) mass is 409 g/mol. The Bertz CT molecular complexity index is 763. The number of anilines is 1. The van der Waals surface area contributed by atoms with Gasteiger partial charge < -0.3 is 24.6 Å². The Balaban J connectivity index is 2.35. The molecule has 0 amide bonds. The van der Waals surface area contributed by atoms with Gasteiger partial charge in [0, 0.05) is 16.6 Å². The number of aromatic carboxylic acids is 1. The Morgan fingerprint density at radius 3 is 2.44 bits per heavy atom. The lowest BCUT2D eigenvalue weighted by molar-refractivity contribution is 0.0697. The summed E-state index contributed by atoms with van der Waals surface area (Å²) in [7, 11) is 3.12. The molecule has 0 unspecified atom stereocenters. The molecule has 0 radical (unpaired) electrons. The van der Waals surface area contributed by atoms with Crippen molar-refractivity contribution in [2.24, 2.45) is 0 Å². The second-order valence-corrected chi connectivity index (χ2v) is 5.92. The fraction of sp³-hybridized carbons (Fsp3) is 0.278. The van der Waals surface area contributed by atoms with Gasteiger partial charge in [-0.1, -0.05) is 15.9 Å². The molecule has 25 heavy (non-hydrogen) atoms. The molecule has 6 nitrogen and oxygen atoms in total. The van der Waals surface area contributed by atoms with E-state index in [9.17, 15) is 9.90 Å². The smallest absolute Gasteiger partial charge is 0.335 e. The first-order chi connectivity index (χ1) is 12.0. The number of benzene rings is 2. The molecule has 0 aliphatic rings. The van der Waals surface area contributed by atoms with Crippen molar-refractivity contribution in [2.75, 3.05) is 26.1 Å². The molecule has 0 aliphatic heterocycles. The van der Waals surface area contributed by atoms with Crippen LogP contribution in [0.5, 0.6) is 17.2 Å².